The molecule has 3 aromatic rings. The van der Waals surface area contributed by atoms with Gasteiger partial charge in [-0.15, -0.1) is 0 Å². The summed E-state index contributed by atoms with van der Waals surface area (Å²) in [5, 5.41) is 0. The number of esters is 1. The highest BCUT2D eigenvalue weighted by molar-refractivity contribution is 5.89. The summed E-state index contributed by atoms with van der Waals surface area (Å²) in [7, 11) is 7.65. The molecule has 0 unspecified atom stereocenters. The van der Waals surface area contributed by atoms with E-state index in [0.717, 1.165) is 0 Å². The lowest BCUT2D eigenvalue weighted by Gasteiger charge is -2.09. The molecule has 0 heterocycles. The zero-order valence-corrected chi connectivity index (χ0v) is 19.6. The van der Waals surface area contributed by atoms with Gasteiger partial charge in [-0.3, -0.25) is 0 Å². The van der Waals surface area contributed by atoms with Crippen LogP contribution < -0.4 is 18.9 Å². The topological polar surface area (TPSA) is 63.2 Å². The minimum atomic E-state index is -0.418. The van der Waals surface area contributed by atoms with Crippen molar-refractivity contribution in [2.75, 3.05) is 35.5 Å². The molecule has 0 aliphatic rings. The highest BCUT2D eigenvalue weighted by atomic mass is 16.5. The van der Waals surface area contributed by atoms with Crippen molar-refractivity contribution in [1.29, 1.82) is 0 Å². The lowest BCUT2D eigenvalue weighted by Crippen LogP contribution is -2.00. The molecule has 0 aliphatic heterocycles. The second-order valence-corrected chi connectivity index (χ2v) is 6.89. The van der Waals surface area contributed by atoms with Crippen LogP contribution in [0.5, 0.6) is 23.0 Å². The number of ether oxygens (including phenoxy) is 5. The number of hydrogen-bond acceptors (Lipinski definition) is 6. The van der Waals surface area contributed by atoms with Crippen LogP contribution >= 0.6 is 0 Å². The van der Waals surface area contributed by atoms with Crippen molar-refractivity contribution in [2.24, 2.45) is 0 Å². The first-order valence-electron chi connectivity index (χ1n) is 10.2. The molecule has 0 radical (unpaired) electrons. The maximum atomic E-state index is 11.8. The monoisotopic (exact) mass is 456 g/mol. The zero-order chi connectivity index (χ0) is 24.5. The largest absolute Gasteiger partial charge is 0.497 e. The van der Waals surface area contributed by atoms with Gasteiger partial charge in [0.15, 0.2) is 0 Å². The normalized spacial score (nSPS) is 9.56. The lowest BCUT2D eigenvalue weighted by molar-refractivity contribution is 0.0600. The number of rotatable bonds is 5. The number of methoxy groups -OCH3 is 5. The molecule has 0 spiro atoms. The molecular weight excluding hydrogens is 432 g/mol. The smallest absolute Gasteiger partial charge is 0.337 e. The third-order valence-electron chi connectivity index (χ3n) is 4.89. The fourth-order valence-electron chi connectivity index (χ4n) is 3.12. The minimum absolute atomic E-state index is 0.418. The molecule has 0 aliphatic carbocycles. The Morgan fingerprint density at radius 1 is 0.618 bits per heavy atom. The van der Waals surface area contributed by atoms with Gasteiger partial charge in [0.05, 0.1) is 57.8 Å². The van der Waals surface area contributed by atoms with E-state index in [0.29, 0.717) is 50.8 Å². The lowest BCUT2D eigenvalue weighted by atomic mass is 10.1. The molecule has 6 heteroatoms. The van der Waals surface area contributed by atoms with Gasteiger partial charge in [-0.2, -0.15) is 0 Å². The van der Waals surface area contributed by atoms with E-state index in [2.05, 4.69) is 23.7 Å². The Hall–Kier alpha value is -4.55. The summed E-state index contributed by atoms with van der Waals surface area (Å²) in [6.07, 6.45) is 0. The SMILES string of the molecule is COC(=O)c1cccc(C#Cc2cc(OC)c(C#Cc3cc(OC)ccc3OC)cc2OC)c1. The number of benzene rings is 3. The predicted octanol–water partition coefficient (Wildman–Crippen LogP) is 4.31. The van der Waals surface area contributed by atoms with Gasteiger partial charge in [0.25, 0.3) is 0 Å². The van der Waals surface area contributed by atoms with E-state index in [-0.39, 0.29) is 0 Å². The number of carbonyl (C=O) groups excluding carboxylic acids is 1. The van der Waals surface area contributed by atoms with Gasteiger partial charge in [-0.1, -0.05) is 29.7 Å². The molecule has 3 rings (SSSR count). The second-order valence-electron chi connectivity index (χ2n) is 6.89. The summed E-state index contributed by atoms with van der Waals surface area (Å²) >= 11 is 0. The van der Waals surface area contributed by atoms with Crippen LogP contribution in [0.2, 0.25) is 0 Å². The molecule has 0 aromatic heterocycles. The maximum absolute atomic E-state index is 11.8. The van der Waals surface area contributed by atoms with Crippen molar-refractivity contribution in [3.63, 3.8) is 0 Å². The third-order valence-corrected chi connectivity index (χ3v) is 4.89. The molecule has 0 saturated heterocycles. The van der Waals surface area contributed by atoms with E-state index < -0.39 is 5.97 Å². The van der Waals surface area contributed by atoms with Crippen LogP contribution in [0.15, 0.2) is 54.6 Å². The summed E-state index contributed by atoms with van der Waals surface area (Å²) < 4.78 is 26.5. The average molecular weight is 456 g/mol. The summed E-state index contributed by atoms with van der Waals surface area (Å²) in [6, 6.07) is 15.9. The fraction of sp³-hybridized carbons (Fsp3) is 0.179. The third kappa shape index (κ3) is 5.62. The Morgan fingerprint density at radius 2 is 1.21 bits per heavy atom. The standard InChI is InChI=1S/C28H24O6/c1-30-24-13-14-25(31-2)20(16-24)11-12-22-18-26(32-3)21(17-27(22)33-4)10-9-19-7-6-8-23(15-19)28(29)34-5/h6-8,13-18H,1-5H3. The first kappa shape index (κ1) is 24.1. The molecule has 0 N–H and O–H groups in total. The van der Waals surface area contributed by atoms with E-state index in [1.807, 2.05) is 12.1 Å². The van der Waals surface area contributed by atoms with Gasteiger partial charge in [-0.25, -0.2) is 4.79 Å². The molecule has 0 saturated carbocycles. The van der Waals surface area contributed by atoms with Crippen LogP contribution in [0.4, 0.5) is 0 Å². The highest BCUT2D eigenvalue weighted by Crippen LogP contribution is 2.29. The second kappa shape index (κ2) is 11.4. The van der Waals surface area contributed by atoms with E-state index >= 15 is 0 Å². The molecule has 0 bridgehead atoms. The minimum Gasteiger partial charge on any atom is -0.497 e. The van der Waals surface area contributed by atoms with Gasteiger partial charge in [-0.05, 0) is 36.4 Å². The van der Waals surface area contributed by atoms with Crippen LogP contribution in [-0.2, 0) is 4.74 Å². The van der Waals surface area contributed by atoms with Crippen molar-refractivity contribution in [2.45, 2.75) is 0 Å². The Kier molecular flexibility index (Phi) is 8.05. The molecule has 0 atom stereocenters. The Morgan fingerprint density at radius 3 is 1.76 bits per heavy atom. The van der Waals surface area contributed by atoms with Gasteiger partial charge in [0, 0.05) is 17.7 Å². The van der Waals surface area contributed by atoms with Gasteiger partial charge >= 0.3 is 5.97 Å². The van der Waals surface area contributed by atoms with E-state index in [1.54, 1.807) is 70.9 Å². The van der Waals surface area contributed by atoms with Crippen molar-refractivity contribution >= 4 is 5.97 Å². The van der Waals surface area contributed by atoms with Crippen molar-refractivity contribution in [3.8, 4) is 46.7 Å². The quantitative estimate of drug-likeness (QED) is 0.421. The van der Waals surface area contributed by atoms with E-state index in [4.69, 9.17) is 23.7 Å². The first-order chi connectivity index (χ1) is 16.5. The molecule has 6 nitrogen and oxygen atoms in total. The van der Waals surface area contributed by atoms with Crippen LogP contribution in [0.3, 0.4) is 0 Å². The number of carbonyl (C=O) groups is 1. The summed E-state index contributed by atoms with van der Waals surface area (Å²) in [5.41, 5.74) is 3.02. The molecule has 3 aromatic carbocycles. The van der Waals surface area contributed by atoms with Crippen molar-refractivity contribution in [1.82, 2.24) is 0 Å². The van der Waals surface area contributed by atoms with E-state index in [1.165, 1.54) is 7.11 Å². The Balaban J connectivity index is 2.00. The molecule has 34 heavy (non-hydrogen) atoms. The summed E-state index contributed by atoms with van der Waals surface area (Å²) in [5.74, 6) is 14.3. The molecule has 0 fully saturated rings. The first-order valence-corrected chi connectivity index (χ1v) is 10.2. The summed E-state index contributed by atoms with van der Waals surface area (Å²) in [6.45, 7) is 0. The van der Waals surface area contributed by atoms with Gasteiger partial charge in [0.1, 0.15) is 23.0 Å². The predicted molar refractivity (Wildman–Crippen MR) is 129 cm³/mol. The highest BCUT2D eigenvalue weighted by Gasteiger charge is 2.10. The van der Waals surface area contributed by atoms with Gasteiger partial charge < -0.3 is 23.7 Å². The van der Waals surface area contributed by atoms with Crippen LogP contribution in [0.1, 0.15) is 32.6 Å². The van der Waals surface area contributed by atoms with Crippen LogP contribution in [0, 0.1) is 23.7 Å². The fourth-order valence-corrected chi connectivity index (χ4v) is 3.12. The summed E-state index contributed by atoms with van der Waals surface area (Å²) in [4.78, 5) is 11.8. The van der Waals surface area contributed by atoms with Crippen LogP contribution in [-0.4, -0.2) is 41.5 Å². The van der Waals surface area contributed by atoms with Crippen molar-refractivity contribution in [3.05, 3.63) is 82.4 Å². The van der Waals surface area contributed by atoms with Crippen molar-refractivity contribution < 1.29 is 28.5 Å². The molecule has 0 amide bonds. The Labute approximate surface area is 199 Å². The maximum Gasteiger partial charge on any atom is 0.337 e. The molecule has 172 valence electrons. The Bertz CT molecular complexity index is 1320. The van der Waals surface area contributed by atoms with Crippen LogP contribution in [0.25, 0.3) is 0 Å². The molecular formula is C28H24O6. The number of hydrogen-bond donors (Lipinski definition) is 0. The zero-order valence-electron chi connectivity index (χ0n) is 19.6. The van der Waals surface area contributed by atoms with E-state index in [9.17, 15) is 4.79 Å². The van der Waals surface area contributed by atoms with Gasteiger partial charge in [0.2, 0.25) is 0 Å². The average Bonchev–Trinajstić information content (AvgIpc) is 2.89.